The fourth-order valence-electron chi connectivity index (χ4n) is 6.72. The number of hydrogen-bond acceptors (Lipinski definition) is 5. The third kappa shape index (κ3) is 37.9. The second-order valence-corrected chi connectivity index (χ2v) is 15.5. The maximum Gasteiger partial charge on any atom is 0.326 e. The first kappa shape index (κ1) is 51.6. The van der Waals surface area contributed by atoms with Crippen molar-refractivity contribution in [3.8, 4) is 0 Å². The van der Waals surface area contributed by atoms with Gasteiger partial charge in [0.25, 0.3) is 0 Å². The number of unbranched alkanes of at least 4 members (excludes halogenated alkanes) is 21. The highest BCUT2D eigenvalue weighted by molar-refractivity contribution is 5.83. The average molecular weight is 759 g/mol. The SMILES string of the molecule is CCCCC/C=C\C/C=C\CCCCCCCC(=O)OC(CCC/C=C\CCCCCCCCCC)CCCCCCCC(=O)NC(CCCN)C(=O)O. The van der Waals surface area contributed by atoms with Gasteiger partial charge >= 0.3 is 11.9 Å². The number of carboxylic acid groups (broad SMARTS) is 1. The molecule has 0 fully saturated rings. The predicted molar refractivity (Wildman–Crippen MR) is 230 cm³/mol. The van der Waals surface area contributed by atoms with Gasteiger partial charge in [0.15, 0.2) is 0 Å². The van der Waals surface area contributed by atoms with Crippen molar-refractivity contribution >= 4 is 17.8 Å². The van der Waals surface area contributed by atoms with Crippen LogP contribution in [0.5, 0.6) is 0 Å². The number of allylic oxidation sites excluding steroid dienone is 6. The van der Waals surface area contributed by atoms with Crippen LogP contribution in [0.4, 0.5) is 0 Å². The molecule has 4 N–H and O–H groups in total. The Morgan fingerprint density at radius 1 is 0.537 bits per heavy atom. The van der Waals surface area contributed by atoms with E-state index in [1.165, 1.54) is 96.3 Å². The Labute approximate surface area is 333 Å². The first-order valence-corrected chi connectivity index (χ1v) is 22.8. The Balaban J connectivity index is 4.38. The Morgan fingerprint density at radius 3 is 1.56 bits per heavy atom. The van der Waals surface area contributed by atoms with Crippen molar-refractivity contribution < 1.29 is 24.2 Å². The minimum absolute atomic E-state index is 0.0242. The zero-order valence-corrected chi connectivity index (χ0v) is 35.3. The van der Waals surface area contributed by atoms with E-state index in [1.54, 1.807) is 0 Å². The second kappa shape index (κ2) is 41.7. The zero-order chi connectivity index (χ0) is 39.6. The largest absolute Gasteiger partial charge is 0.480 e. The zero-order valence-electron chi connectivity index (χ0n) is 35.3. The number of amides is 1. The quantitative estimate of drug-likeness (QED) is 0.0324. The predicted octanol–water partition coefficient (Wildman–Crippen LogP) is 13.0. The molecule has 1 amide bonds. The number of hydrogen-bond donors (Lipinski definition) is 3. The summed E-state index contributed by atoms with van der Waals surface area (Å²) in [7, 11) is 0. The van der Waals surface area contributed by atoms with Crippen molar-refractivity contribution in [3.63, 3.8) is 0 Å². The van der Waals surface area contributed by atoms with Crippen molar-refractivity contribution in [2.24, 2.45) is 5.73 Å². The number of carbonyl (C=O) groups excluding carboxylic acids is 2. The fourth-order valence-corrected chi connectivity index (χ4v) is 6.72. The molecule has 314 valence electrons. The molecule has 0 aromatic rings. The maximum absolute atomic E-state index is 12.8. The van der Waals surface area contributed by atoms with E-state index < -0.39 is 12.0 Å². The van der Waals surface area contributed by atoms with Gasteiger partial charge in [-0.3, -0.25) is 9.59 Å². The number of nitrogens with two attached hydrogens (primary N) is 1. The lowest BCUT2D eigenvalue weighted by Crippen LogP contribution is -2.40. The summed E-state index contributed by atoms with van der Waals surface area (Å²) in [5.74, 6) is -1.26. The van der Waals surface area contributed by atoms with E-state index in [9.17, 15) is 19.5 Å². The molecule has 0 aliphatic carbocycles. The van der Waals surface area contributed by atoms with Crippen molar-refractivity contribution in [1.29, 1.82) is 0 Å². The summed E-state index contributed by atoms with van der Waals surface area (Å²) >= 11 is 0. The topological polar surface area (TPSA) is 119 Å². The maximum atomic E-state index is 12.8. The lowest BCUT2D eigenvalue weighted by molar-refractivity contribution is -0.150. The molecule has 0 aliphatic heterocycles. The van der Waals surface area contributed by atoms with E-state index in [-0.39, 0.29) is 18.0 Å². The highest BCUT2D eigenvalue weighted by Gasteiger charge is 2.19. The summed E-state index contributed by atoms with van der Waals surface area (Å²) in [6.07, 6.45) is 49.0. The van der Waals surface area contributed by atoms with Gasteiger partial charge in [-0.25, -0.2) is 4.79 Å². The molecular formula is C47H86N2O5. The first-order valence-electron chi connectivity index (χ1n) is 22.8. The van der Waals surface area contributed by atoms with E-state index in [1.807, 2.05) is 0 Å². The minimum atomic E-state index is -1.01. The smallest absolute Gasteiger partial charge is 0.326 e. The number of ether oxygens (including phenoxy) is 1. The van der Waals surface area contributed by atoms with Gasteiger partial charge in [0.1, 0.15) is 12.1 Å². The molecule has 7 nitrogen and oxygen atoms in total. The number of aliphatic carboxylic acids is 1. The first-order chi connectivity index (χ1) is 26.4. The van der Waals surface area contributed by atoms with Crippen LogP contribution in [0.25, 0.3) is 0 Å². The molecule has 54 heavy (non-hydrogen) atoms. The average Bonchev–Trinajstić information content (AvgIpc) is 3.16. The lowest BCUT2D eigenvalue weighted by Gasteiger charge is -2.18. The van der Waals surface area contributed by atoms with E-state index in [0.717, 1.165) is 89.9 Å². The van der Waals surface area contributed by atoms with Crippen LogP contribution < -0.4 is 11.1 Å². The van der Waals surface area contributed by atoms with E-state index in [0.29, 0.717) is 32.2 Å². The van der Waals surface area contributed by atoms with Crippen molar-refractivity contribution in [3.05, 3.63) is 36.5 Å². The van der Waals surface area contributed by atoms with Crippen molar-refractivity contribution in [1.82, 2.24) is 5.32 Å². The van der Waals surface area contributed by atoms with Gasteiger partial charge < -0.3 is 20.9 Å². The van der Waals surface area contributed by atoms with E-state index >= 15 is 0 Å². The number of carboxylic acids is 1. The molecule has 2 unspecified atom stereocenters. The molecule has 0 rings (SSSR count). The summed E-state index contributed by atoms with van der Waals surface area (Å²) in [4.78, 5) is 36.4. The Bertz CT molecular complexity index is 946. The van der Waals surface area contributed by atoms with Gasteiger partial charge in [-0.1, -0.05) is 147 Å². The highest BCUT2D eigenvalue weighted by atomic mass is 16.5. The van der Waals surface area contributed by atoms with Gasteiger partial charge in [-0.2, -0.15) is 0 Å². The van der Waals surface area contributed by atoms with Crippen molar-refractivity contribution in [2.45, 2.75) is 238 Å². The summed E-state index contributed by atoms with van der Waals surface area (Å²) in [6.45, 7) is 4.92. The Morgan fingerprint density at radius 2 is 0.981 bits per heavy atom. The van der Waals surface area contributed by atoms with Crippen LogP contribution in [0, 0.1) is 0 Å². The third-order valence-corrected chi connectivity index (χ3v) is 10.2. The van der Waals surface area contributed by atoms with E-state index in [4.69, 9.17) is 10.5 Å². The summed E-state index contributed by atoms with van der Waals surface area (Å²) in [5, 5.41) is 11.9. The molecule has 7 heteroatoms. The molecule has 0 saturated carbocycles. The fraction of sp³-hybridized carbons (Fsp3) is 0.809. The molecule has 2 atom stereocenters. The molecule has 0 radical (unpaired) electrons. The lowest BCUT2D eigenvalue weighted by atomic mass is 10.0. The van der Waals surface area contributed by atoms with Crippen LogP contribution in [-0.2, 0) is 19.1 Å². The van der Waals surface area contributed by atoms with Gasteiger partial charge in [0.05, 0.1) is 0 Å². The molecule has 0 spiro atoms. The second-order valence-electron chi connectivity index (χ2n) is 15.5. The molecule has 0 aliphatic rings. The van der Waals surface area contributed by atoms with Crippen LogP contribution in [0.1, 0.15) is 226 Å². The molecule has 0 saturated heterocycles. The van der Waals surface area contributed by atoms with E-state index in [2.05, 4.69) is 55.6 Å². The number of esters is 1. The third-order valence-electron chi connectivity index (χ3n) is 10.2. The molecule has 0 bridgehead atoms. The van der Waals surface area contributed by atoms with Crippen molar-refractivity contribution in [2.75, 3.05) is 6.54 Å². The molecular weight excluding hydrogens is 673 g/mol. The highest BCUT2D eigenvalue weighted by Crippen LogP contribution is 2.18. The normalized spacial score (nSPS) is 12.9. The molecule has 0 aromatic heterocycles. The van der Waals surface area contributed by atoms with Gasteiger partial charge in [0.2, 0.25) is 5.91 Å². The molecule has 0 aromatic carbocycles. The van der Waals surface area contributed by atoms with Crippen LogP contribution >= 0.6 is 0 Å². The monoisotopic (exact) mass is 759 g/mol. The minimum Gasteiger partial charge on any atom is -0.480 e. The van der Waals surface area contributed by atoms with Crippen LogP contribution in [-0.4, -0.2) is 41.6 Å². The van der Waals surface area contributed by atoms with Crippen LogP contribution in [0.3, 0.4) is 0 Å². The Kier molecular flexibility index (Phi) is 39.9. The van der Waals surface area contributed by atoms with Crippen LogP contribution in [0.2, 0.25) is 0 Å². The summed E-state index contributed by atoms with van der Waals surface area (Å²) < 4.78 is 6.03. The van der Waals surface area contributed by atoms with Crippen LogP contribution in [0.15, 0.2) is 36.5 Å². The number of carbonyl (C=O) groups is 3. The molecule has 0 heterocycles. The van der Waals surface area contributed by atoms with Gasteiger partial charge in [-0.05, 0) is 109 Å². The van der Waals surface area contributed by atoms with Gasteiger partial charge in [0, 0.05) is 12.8 Å². The summed E-state index contributed by atoms with van der Waals surface area (Å²) in [5.41, 5.74) is 5.49. The standard InChI is InChI=1S/C47H86N2O5/c1-3-5-7-9-11-13-15-17-18-20-22-24-26-31-35-41-46(51)54-43(37-32-28-25-23-21-19-16-14-12-10-8-6-4-2)38-33-29-27-30-34-40-45(50)49-44(47(52)53)39-36-42-48/h11,13,17-18,23,25,43-44H,3-10,12,14-16,19-22,24,26-42,48H2,1-2H3,(H,49,50)(H,52,53)/b13-11-,18-17-,25-23-. The Hall–Kier alpha value is -2.41. The number of nitrogens with one attached hydrogen (secondary N) is 1. The number of rotatable bonds is 41. The summed E-state index contributed by atoms with van der Waals surface area (Å²) in [6, 6.07) is -0.860. The van der Waals surface area contributed by atoms with Gasteiger partial charge in [-0.15, -0.1) is 0 Å².